The fraction of sp³-hybridized carbons (Fsp3) is 0.500. The highest BCUT2D eigenvalue weighted by molar-refractivity contribution is 5.25. The predicted molar refractivity (Wildman–Crippen MR) is 81.7 cm³/mol. The molecule has 1 atom stereocenters. The maximum Gasteiger partial charge on any atom is 0.0522 e. The summed E-state index contributed by atoms with van der Waals surface area (Å²) in [5.41, 5.74) is 4.73. The number of rotatable bonds is 6. The largest absolute Gasteiger partial charge is 0.310 e. The molecule has 0 aromatic carbocycles. The molecule has 0 spiro atoms. The first-order valence-electron chi connectivity index (χ1n) is 7.32. The molecule has 108 valence electrons. The molecule has 2 heterocycles. The van der Waals surface area contributed by atoms with Crippen LogP contribution in [0.5, 0.6) is 0 Å². The Morgan fingerprint density at radius 3 is 2.45 bits per heavy atom. The van der Waals surface area contributed by atoms with E-state index in [-0.39, 0.29) is 0 Å². The molecule has 0 aliphatic heterocycles. The van der Waals surface area contributed by atoms with Crippen LogP contribution < -0.4 is 5.32 Å². The van der Waals surface area contributed by atoms with Gasteiger partial charge in [0.2, 0.25) is 0 Å². The van der Waals surface area contributed by atoms with Crippen LogP contribution in [0.25, 0.3) is 0 Å². The summed E-state index contributed by atoms with van der Waals surface area (Å²) in [6, 6.07) is 4.66. The molecule has 0 radical (unpaired) electrons. The van der Waals surface area contributed by atoms with Crippen molar-refractivity contribution in [1.82, 2.24) is 20.1 Å². The Hall–Kier alpha value is -1.68. The summed E-state index contributed by atoms with van der Waals surface area (Å²) < 4.78 is 1.97. The van der Waals surface area contributed by atoms with Gasteiger partial charge >= 0.3 is 0 Å². The second-order valence-corrected chi connectivity index (χ2v) is 5.20. The van der Waals surface area contributed by atoms with Crippen LogP contribution in [0.2, 0.25) is 0 Å². The topological polar surface area (TPSA) is 42.7 Å². The lowest BCUT2D eigenvalue weighted by molar-refractivity contribution is 0.548. The molecule has 0 aliphatic rings. The van der Waals surface area contributed by atoms with Gasteiger partial charge in [-0.25, -0.2) is 0 Å². The van der Waals surface area contributed by atoms with Gasteiger partial charge in [-0.1, -0.05) is 6.92 Å². The zero-order valence-corrected chi connectivity index (χ0v) is 12.8. The Morgan fingerprint density at radius 1 is 1.20 bits per heavy atom. The van der Waals surface area contributed by atoms with Crippen molar-refractivity contribution < 1.29 is 0 Å². The zero-order valence-electron chi connectivity index (χ0n) is 12.8. The van der Waals surface area contributed by atoms with Crippen LogP contribution in [0.15, 0.2) is 24.5 Å². The molecular formula is C16H24N4. The fourth-order valence-corrected chi connectivity index (χ4v) is 2.54. The second kappa shape index (κ2) is 6.66. The minimum absolute atomic E-state index is 0.315. The molecule has 4 nitrogen and oxygen atoms in total. The Labute approximate surface area is 121 Å². The highest BCUT2D eigenvalue weighted by atomic mass is 15.3. The van der Waals surface area contributed by atoms with Crippen molar-refractivity contribution >= 4 is 0 Å². The summed E-state index contributed by atoms with van der Waals surface area (Å²) in [6.07, 6.45) is 5.05. The van der Waals surface area contributed by atoms with Gasteiger partial charge in [0.25, 0.3) is 0 Å². The number of hydrogen-bond donors (Lipinski definition) is 1. The average Bonchev–Trinajstić information content (AvgIpc) is 2.85. The van der Waals surface area contributed by atoms with Crippen LogP contribution >= 0.6 is 0 Å². The van der Waals surface area contributed by atoms with E-state index in [9.17, 15) is 0 Å². The van der Waals surface area contributed by atoms with Crippen LogP contribution in [0.4, 0.5) is 0 Å². The first-order chi connectivity index (χ1) is 9.62. The van der Waals surface area contributed by atoms with Gasteiger partial charge in [0.05, 0.1) is 6.20 Å². The summed E-state index contributed by atoms with van der Waals surface area (Å²) in [4.78, 5) is 4.46. The molecule has 2 rings (SSSR count). The summed E-state index contributed by atoms with van der Waals surface area (Å²) in [6.45, 7) is 10.2. The van der Waals surface area contributed by atoms with Crippen LogP contribution in [-0.2, 0) is 13.0 Å². The zero-order chi connectivity index (χ0) is 14.5. The van der Waals surface area contributed by atoms with E-state index in [1.54, 1.807) is 0 Å². The van der Waals surface area contributed by atoms with E-state index in [1.807, 2.05) is 10.9 Å². The van der Waals surface area contributed by atoms with Gasteiger partial charge < -0.3 is 5.32 Å². The minimum atomic E-state index is 0.315. The minimum Gasteiger partial charge on any atom is -0.310 e. The summed E-state index contributed by atoms with van der Waals surface area (Å²) in [7, 11) is 0. The number of likely N-dealkylation sites (N-methyl/N-ethyl adjacent to an activating group) is 1. The molecule has 0 fully saturated rings. The van der Waals surface area contributed by atoms with Crippen molar-refractivity contribution in [2.45, 2.75) is 46.7 Å². The average molecular weight is 272 g/mol. The fourth-order valence-electron chi connectivity index (χ4n) is 2.54. The van der Waals surface area contributed by atoms with Crippen molar-refractivity contribution in [1.29, 1.82) is 0 Å². The first kappa shape index (κ1) is 14.7. The van der Waals surface area contributed by atoms with Crippen LogP contribution in [-0.4, -0.2) is 21.3 Å². The third-order valence-corrected chi connectivity index (χ3v) is 3.41. The molecule has 1 N–H and O–H groups in total. The van der Waals surface area contributed by atoms with Gasteiger partial charge in [-0.15, -0.1) is 0 Å². The van der Waals surface area contributed by atoms with E-state index >= 15 is 0 Å². The van der Waals surface area contributed by atoms with Crippen molar-refractivity contribution in [2.24, 2.45) is 0 Å². The molecule has 20 heavy (non-hydrogen) atoms. The van der Waals surface area contributed by atoms with E-state index in [1.165, 1.54) is 11.1 Å². The maximum absolute atomic E-state index is 4.46. The number of hydrogen-bond acceptors (Lipinski definition) is 3. The molecule has 0 bridgehead atoms. The Kier molecular flexibility index (Phi) is 4.90. The van der Waals surface area contributed by atoms with Crippen LogP contribution in [0.1, 0.15) is 42.4 Å². The Morgan fingerprint density at radius 2 is 1.90 bits per heavy atom. The Bertz CT molecular complexity index is 539. The number of pyridine rings is 1. The highest BCUT2D eigenvalue weighted by Gasteiger charge is 2.13. The van der Waals surface area contributed by atoms with E-state index < -0.39 is 0 Å². The van der Waals surface area contributed by atoms with Gasteiger partial charge in [0.1, 0.15) is 0 Å². The van der Waals surface area contributed by atoms with Crippen molar-refractivity contribution in [3.05, 3.63) is 47.0 Å². The highest BCUT2D eigenvalue weighted by Crippen LogP contribution is 2.19. The predicted octanol–water partition coefficient (Wildman–Crippen LogP) is 2.81. The third-order valence-electron chi connectivity index (χ3n) is 3.41. The van der Waals surface area contributed by atoms with Crippen LogP contribution in [0, 0.1) is 13.8 Å². The molecule has 0 aliphatic carbocycles. The summed E-state index contributed by atoms with van der Waals surface area (Å²) in [5, 5.41) is 7.92. The number of aryl methyl sites for hydroxylation is 3. The molecule has 2 aromatic rings. The lowest BCUT2D eigenvalue weighted by Crippen LogP contribution is -2.23. The molecule has 0 amide bonds. The van der Waals surface area contributed by atoms with Gasteiger partial charge in [0.15, 0.2) is 0 Å². The van der Waals surface area contributed by atoms with Crippen molar-refractivity contribution in [3.8, 4) is 0 Å². The lowest BCUT2D eigenvalue weighted by Gasteiger charge is -2.18. The molecule has 4 heteroatoms. The van der Waals surface area contributed by atoms with E-state index in [4.69, 9.17) is 0 Å². The smallest absolute Gasteiger partial charge is 0.0522 e. The Balaban J connectivity index is 2.21. The van der Waals surface area contributed by atoms with Crippen LogP contribution in [0.3, 0.4) is 0 Å². The molecule has 0 saturated heterocycles. The number of nitrogens with zero attached hydrogens (tertiary/aromatic N) is 3. The molecular weight excluding hydrogens is 248 g/mol. The normalized spacial score (nSPS) is 12.6. The summed E-state index contributed by atoms with van der Waals surface area (Å²) >= 11 is 0. The van der Waals surface area contributed by atoms with Gasteiger partial charge in [0, 0.05) is 30.2 Å². The summed E-state index contributed by atoms with van der Waals surface area (Å²) in [5.74, 6) is 0. The quantitative estimate of drug-likeness (QED) is 0.879. The molecule has 2 aromatic heterocycles. The van der Waals surface area contributed by atoms with Gasteiger partial charge in [-0.05, 0) is 57.0 Å². The van der Waals surface area contributed by atoms with E-state index in [0.29, 0.717) is 6.04 Å². The van der Waals surface area contributed by atoms with E-state index in [2.05, 4.69) is 61.4 Å². The number of nitrogens with one attached hydrogen (secondary N) is 1. The maximum atomic E-state index is 4.46. The number of aromatic nitrogens is 3. The molecule has 1 unspecified atom stereocenters. The second-order valence-electron chi connectivity index (χ2n) is 5.20. The lowest BCUT2D eigenvalue weighted by atomic mass is 10.00. The SMILES string of the molecule is CCNC(Cc1cnn(CC)c1)c1cc(C)nc(C)c1. The monoisotopic (exact) mass is 272 g/mol. The first-order valence-corrected chi connectivity index (χ1v) is 7.32. The molecule has 0 saturated carbocycles. The third kappa shape index (κ3) is 3.67. The van der Waals surface area contributed by atoms with E-state index in [0.717, 1.165) is 30.9 Å². The van der Waals surface area contributed by atoms with Gasteiger partial charge in [-0.2, -0.15) is 5.10 Å². The van der Waals surface area contributed by atoms with Gasteiger partial charge in [-0.3, -0.25) is 9.67 Å². The van der Waals surface area contributed by atoms with Crippen molar-refractivity contribution in [3.63, 3.8) is 0 Å². The van der Waals surface area contributed by atoms with Crippen molar-refractivity contribution in [2.75, 3.05) is 6.54 Å². The standard InChI is InChI=1S/C16H24N4/c1-5-17-16(9-14-10-18-20(6-2)11-14)15-7-12(3)19-13(4)8-15/h7-8,10-11,16-17H,5-6,9H2,1-4H3.